The summed E-state index contributed by atoms with van der Waals surface area (Å²) < 4.78 is 4.71. The third-order valence-corrected chi connectivity index (χ3v) is 5.34. The van der Waals surface area contributed by atoms with Crippen molar-refractivity contribution >= 4 is 11.9 Å². The predicted molar refractivity (Wildman–Crippen MR) is 83.0 cm³/mol. The van der Waals surface area contributed by atoms with Crippen molar-refractivity contribution in [2.45, 2.75) is 19.3 Å². The Morgan fingerprint density at radius 1 is 1.29 bits per heavy atom. The van der Waals surface area contributed by atoms with E-state index in [-0.39, 0.29) is 11.8 Å². The van der Waals surface area contributed by atoms with E-state index in [1.54, 1.807) is 29.2 Å². The molecular formula is C17H17N3O4. The first-order valence-electron chi connectivity index (χ1n) is 8.00. The van der Waals surface area contributed by atoms with Crippen LogP contribution in [-0.2, 0) is 4.79 Å². The van der Waals surface area contributed by atoms with Gasteiger partial charge in [-0.15, -0.1) is 0 Å². The number of benzene rings is 1. The molecular weight excluding hydrogens is 310 g/mol. The lowest BCUT2D eigenvalue weighted by atomic mass is 9.81. The number of rotatable bonds is 3. The maximum absolute atomic E-state index is 12.7. The highest BCUT2D eigenvalue weighted by Gasteiger charge is 2.55. The van der Waals surface area contributed by atoms with Crippen LogP contribution in [0.3, 0.4) is 0 Å². The van der Waals surface area contributed by atoms with Crippen LogP contribution in [0.2, 0.25) is 0 Å². The van der Waals surface area contributed by atoms with Crippen LogP contribution in [0.25, 0.3) is 11.4 Å². The smallest absolute Gasteiger partial charge is 0.311 e. The molecule has 1 N–H and O–H groups in total. The van der Waals surface area contributed by atoms with Crippen molar-refractivity contribution in [2.75, 3.05) is 13.1 Å². The van der Waals surface area contributed by atoms with Crippen molar-refractivity contribution in [1.82, 2.24) is 15.0 Å². The molecule has 24 heavy (non-hydrogen) atoms. The molecule has 1 aromatic carbocycles. The molecule has 1 aliphatic heterocycles. The molecule has 0 radical (unpaired) electrons. The van der Waals surface area contributed by atoms with E-state index in [0.717, 1.165) is 18.4 Å². The molecule has 1 amide bonds. The van der Waals surface area contributed by atoms with Gasteiger partial charge in [-0.3, -0.25) is 9.59 Å². The Hall–Kier alpha value is -2.70. The fourth-order valence-electron chi connectivity index (χ4n) is 4.04. The SMILES string of the molecule is O=C(c1ccc(-c2ncon2)cc1)N1C[C@@H]2CCC[C@@]2(C(=O)O)C1. The standard InChI is InChI=1S/C17H17N3O4/c21-15(12-5-3-11(4-6-12)14-18-10-24-19-14)20-8-13-2-1-7-17(13,9-20)16(22)23/h3-6,10,13H,1-2,7-9H2,(H,22,23)/t13-,17+/m0/s1. The summed E-state index contributed by atoms with van der Waals surface area (Å²) in [7, 11) is 0. The Bertz CT molecular complexity index is 772. The van der Waals surface area contributed by atoms with Crippen molar-refractivity contribution in [1.29, 1.82) is 0 Å². The fraction of sp³-hybridized carbons (Fsp3) is 0.412. The molecule has 7 heteroatoms. The third kappa shape index (κ3) is 2.19. The van der Waals surface area contributed by atoms with Crippen LogP contribution in [0.1, 0.15) is 29.6 Å². The van der Waals surface area contributed by atoms with E-state index < -0.39 is 11.4 Å². The molecule has 0 spiro atoms. The second-order valence-electron chi connectivity index (χ2n) is 6.57. The Labute approximate surface area is 138 Å². The third-order valence-electron chi connectivity index (χ3n) is 5.34. The first-order chi connectivity index (χ1) is 11.6. The van der Waals surface area contributed by atoms with Crippen molar-refractivity contribution in [3.8, 4) is 11.4 Å². The molecule has 0 unspecified atom stereocenters. The fourth-order valence-corrected chi connectivity index (χ4v) is 4.04. The topological polar surface area (TPSA) is 96.5 Å². The maximum Gasteiger partial charge on any atom is 0.311 e. The lowest BCUT2D eigenvalue weighted by Crippen LogP contribution is -2.37. The van der Waals surface area contributed by atoms with Crippen molar-refractivity contribution in [2.24, 2.45) is 11.3 Å². The number of carboxylic acids is 1. The number of amides is 1. The average Bonchev–Trinajstić information content (AvgIpc) is 3.29. The quantitative estimate of drug-likeness (QED) is 0.927. The summed E-state index contributed by atoms with van der Waals surface area (Å²) >= 11 is 0. The molecule has 2 aliphatic rings. The molecule has 1 aliphatic carbocycles. The summed E-state index contributed by atoms with van der Waals surface area (Å²) in [6.07, 6.45) is 3.72. The van der Waals surface area contributed by atoms with Gasteiger partial charge in [0.1, 0.15) is 0 Å². The molecule has 2 heterocycles. The largest absolute Gasteiger partial charge is 0.481 e. The number of fused-ring (bicyclic) bond motifs is 1. The Kier molecular flexibility index (Phi) is 3.37. The second kappa shape index (κ2) is 5.43. The van der Waals surface area contributed by atoms with E-state index in [0.29, 0.717) is 30.9 Å². The summed E-state index contributed by atoms with van der Waals surface area (Å²) in [5.74, 6) is -0.357. The van der Waals surface area contributed by atoms with Gasteiger partial charge in [0.05, 0.1) is 5.41 Å². The van der Waals surface area contributed by atoms with E-state index in [4.69, 9.17) is 4.52 Å². The highest BCUT2D eigenvalue weighted by Crippen LogP contribution is 2.49. The number of aliphatic carboxylic acids is 1. The molecule has 1 saturated carbocycles. The lowest BCUT2D eigenvalue weighted by molar-refractivity contribution is -0.149. The highest BCUT2D eigenvalue weighted by atomic mass is 16.5. The zero-order valence-electron chi connectivity index (χ0n) is 13.0. The summed E-state index contributed by atoms with van der Waals surface area (Å²) in [4.78, 5) is 30.1. The van der Waals surface area contributed by atoms with Crippen LogP contribution >= 0.6 is 0 Å². The zero-order chi connectivity index (χ0) is 16.7. The van der Waals surface area contributed by atoms with Gasteiger partial charge in [0.2, 0.25) is 12.2 Å². The van der Waals surface area contributed by atoms with Crippen LogP contribution in [0.4, 0.5) is 0 Å². The average molecular weight is 327 g/mol. The monoisotopic (exact) mass is 327 g/mol. The van der Waals surface area contributed by atoms with Gasteiger partial charge in [-0.05, 0) is 30.9 Å². The minimum Gasteiger partial charge on any atom is -0.481 e. The number of aromatic nitrogens is 2. The molecule has 1 saturated heterocycles. The maximum atomic E-state index is 12.7. The number of carboxylic acid groups (broad SMARTS) is 1. The number of nitrogens with zero attached hydrogens (tertiary/aromatic N) is 3. The van der Waals surface area contributed by atoms with Crippen LogP contribution in [0.5, 0.6) is 0 Å². The summed E-state index contributed by atoms with van der Waals surface area (Å²) in [6, 6.07) is 6.97. The van der Waals surface area contributed by atoms with Gasteiger partial charge in [0.25, 0.3) is 5.91 Å². The number of carbonyl (C=O) groups is 2. The lowest BCUT2D eigenvalue weighted by Gasteiger charge is -2.23. The number of hydrogen-bond acceptors (Lipinski definition) is 5. The van der Waals surface area contributed by atoms with E-state index >= 15 is 0 Å². The van der Waals surface area contributed by atoms with Gasteiger partial charge in [-0.1, -0.05) is 23.7 Å². The number of hydrogen-bond donors (Lipinski definition) is 1. The minimum atomic E-state index is -0.771. The van der Waals surface area contributed by atoms with Gasteiger partial charge in [-0.25, -0.2) is 0 Å². The molecule has 2 atom stereocenters. The summed E-state index contributed by atoms with van der Waals surface area (Å²) in [5, 5.41) is 13.4. The zero-order valence-corrected chi connectivity index (χ0v) is 13.0. The van der Waals surface area contributed by atoms with Crippen molar-refractivity contribution in [3.63, 3.8) is 0 Å². The predicted octanol–water partition coefficient (Wildman–Crippen LogP) is 2.06. The van der Waals surface area contributed by atoms with Gasteiger partial charge >= 0.3 is 5.97 Å². The van der Waals surface area contributed by atoms with E-state index in [2.05, 4.69) is 10.1 Å². The molecule has 2 fully saturated rings. The molecule has 2 aromatic rings. The molecule has 1 aromatic heterocycles. The number of carbonyl (C=O) groups excluding carboxylic acids is 1. The van der Waals surface area contributed by atoms with E-state index in [9.17, 15) is 14.7 Å². The van der Waals surface area contributed by atoms with E-state index in [1.165, 1.54) is 6.39 Å². The molecule has 4 rings (SSSR count). The van der Waals surface area contributed by atoms with Crippen molar-refractivity contribution in [3.05, 3.63) is 36.2 Å². The van der Waals surface area contributed by atoms with Gasteiger partial charge < -0.3 is 14.5 Å². The first kappa shape index (κ1) is 14.9. The van der Waals surface area contributed by atoms with Crippen LogP contribution in [0, 0.1) is 11.3 Å². The van der Waals surface area contributed by atoms with Gasteiger partial charge in [0.15, 0.2) is 0 Å². The molecule has 0 bridgehead atoms. The van der Waals surface area contributed by atoms with E-state index in [1.807, 2.05) is 0 Å². The second-order valence-corrected chi connectivity index (χ2v) is 6.57. The highest BCUT2D eigenvalue weighted by molar-refractivity contribution is 5.95. The van der Waals surface area contributed by atoms with Crippen LogP contribution in [0.15, 0.2) is 35.2 Å². The molecule has 124 valence electrons. The van der Waals surface area contributed by atoms with Crippen LogP contribution < -0.4 is 0 Å². The Morgan fingerprint density at radius 3 is 2.71 bits per heavy atom. The normalized spacial score (nSPS) is 25.7. The number of likely N-dealkylation sites (tertiary alicyclic amines) is 1. The first-order valence-corrected chi connectivity index (χ1v) is 8.00. The van der Waals surface area contributed by atoms with Crippen LogP contribution in [-0.4, -0.2) is 45.1 Å². The Balaban J connectivity index is 1.53. The summed E-state index contributed by atoms with van der Waals surface area (Å²) in [6.45, 7) is 0.830. The Morgan fingerprint density at radius 2 is 2.08 bits per heavy atom. The van der Waals surface area contributed by atoms with Crippen molar-refractivity contribution < 1.29 is 19.2 Å². The van der Waals surface area contributed by atoms with Gasteiger partial charge in [0, 0.05) is 24.2 Å². The summed E-state index contributed by atoms with van der Waals surface area (Å²) in [5.41, 5.74) is 0.559. The molecule has 7 nitrogen and oxygen atoms in total. The minimum absolute atomic E-state index is 0.0672. The van der Waals surface area contributed by atoms with Gasteiger partial charge in [-0.2, -0.15) is 4.98 Å².